The Morgan fingerprint density at radius 2 is 1.93 bits per heavy atom. The first kappa shape index (κ1) is 12.1. The minimum Gasteiger partial charge on any atom is -0.478 e. The van der Waals surface area contributed by atoms with Gasteiger partial charge in [0.2, 0.25) is 0 Å². The Labute approximate surface area is 94.7 Å². The van der Waals surface area contributed by atoms with Crippen LogP contribution in [-0.4, -0.2) is 15.8 Å². The topological polar surface area (TPSA) is 37.3 Å². The first-order chi connectivity index (χ1) is 6.79. The minimum absolute atomic E-state index is 0.150. The maximum absolute atomic E-state index is 10.8. The predicted octanol–water partition coefficient (Wildman–Crippen LogP) is 3.58. The number of thioether (sulfide) groups is 1. The molecule has 0 aliphatic rings. The van der Waals surface area contributed by atoms with Crippen molar-refractivity contribution in [3.63, 3.8) is 0 Å². The Balaban J connectivity index is 2.97. The Bertz CT molecular complexity index is 378. The van der Waals surface area contributed by atoms with E-state index in [9.17, 15) is 4.79 Å². The van der Waals surface area contributed by atoms with Crippen molar-refractivity contribution in [1.29, 1.82) is 0 Å². The van der Waals surface area contributed by atoms with Crippen LogP contribution < -0.4 is 0 Å². The number of hydrogen-bond donors (Lipinski definition) is 1. The smallest absolute Gasteiger partial charge is 0.335 e. The van der Waals surface area contributed by atoms with Crippen LogP contribution in [0.3, 0.4) is 0 Å². The zero-order valence-electron chi connectivity index (χ0n) is 9.50. The van der Waals surface area contributed by atoms with Gasteiger partial charge in [-0.25, -0.2) is 4.79 Å². The molecule has 0 aliphatic carbocycles. The van der Waals surface area contributed by atoms with Crippen molar-refractivity contribution < 1.29 is 9.90 Å². The fourth-order valence-electron chi connectivity index (χ4n) is 1.29. The second-order valence-electron chi connectivity index (χ2n) is 4.50. The summed E-state index contributed by atoms with van der Waals surface area (Å²) in [4.78, 5) is 11.9. The van der Waals surface area contributed by atoms with Crippen LogP contribution in [0, 0.1) is 6.92 Å². The molecular weight excluding hydrogens is 208 g/mol. The highest BCUT2D eigenvalue weighted by molar-refractivity contribution is 8.00. The maximum Gasteiger partial charge on any atom is 0.335 e. The summed E-state index contributed by atoms with van der Waals surface area (Å²) in [5.74, 6) is -0.861. The first-order valence-electron chi connectivity index (χ1n) is 4.82. The van der Waals surface area contributed by atoms with E-state index in [1.807, 2.05) is 19.1 Å². The van der Waals surface area contributed by atoms with Gasteiger partial charge in [0.15, 0.2) is 0 Å². The normalized spacial score (nSPS) is 11.5. The van der Waals surface area contributed by atoms with E-state index in [1.54, 1.807) is 17.8 Å². The molecule has 3 heteroatoms. The third-order valence-corrected chi connectivity index (χ3v) is 2.95. The van der Waals surface area contributed by atoms with E-state index in [2.05, 4.69) is 20.8 Å². The van der Waals surface area contributed by atoms with Gasteiger partial charge in [-0.3, -0.25) is 0 Å². The molecule has 0 saturated heterocycles. The lowest BCUT2D eigenvalue weighted by Gasteiger charge is -2.18. The summed E-state index contributed by atoms with van der Waals surface area (Å²) in [7, 11) is 0. The molecule has 1 aromatic rings. The highest BCUT2D eigenvalue weighted by atomic mass is 32.2. The molecule has 0 bridgehead atoms. The van der Waals surface area contributed by atoms with E-state index >= 15 is 0 Å². The van der Waals surface area contributed by atoms with Crippen LogP contribution in [0.2, 0.25) is 0 Å². The third-order valence-electron chi connectivity index (χ3n) is 1.85. The second kappa shape index (κ2) is 4.27. The number of rotatable bonds is 2. The van der Waals surface area contributed by atoms with E-state index in [4.69, 9.17) is 5.11 Å². The molecule has 0 radical (unpaired) electrons. The van der Waals surface area contributed by atoms with Gasteiger partial charge in [-0.15, -0.1) is 11.8 Å². The van der Waals surface area contributed by atoms with E-state index in [0.717, 1.165) is 10.5 Å². The quantitative estimate of drug-likeness (QED) is 0.780. The lowest BCUT2D eigenvalue weighted by Crippen LogP contribution is -2.07. The molecule has 0 spiro atoms. The molecule has 0 saturated carbocycles. The Kier molecular flexibility index (Phi) is 3.45. The molecule has 1 aromatic carbocycles. The van der Waals surface area contributed by atoms with E-state index in [1.165, 1.54) is 0 Å². The SMILES string of the molecule is Cc1cc(SC(C)(C)C)ccc1C(=O)O. The molecule has 0 aliphatic heterocycles. The zero-order valence-corrected chi connectivity index (χ0v) is 10.3. The molecule has 0 heterocycles. The molecule has 82 valence electrons. The van der Waals surface area contributed by atoms with E-state index in [-0.39, 0.29) is 4.75 Å². The van der Waals surface area contributed by atoms with E-state index < -0.39 is 5.97 Å². The van der Waals surface area contributed by atoms with Crippen LogP contribution >= 0.6 is 11.8 Å². The van der Waals surface area contributed by atoms with Crippen molar-refractivity contribution in [1.82, 2.24) is 0 Å². The van der Waals surface area contributed by atoms with Crippen LogP contribution in [0.4, 0.5) is 0 Å². The predicted molar refractivity (Wildman–Crippen MR) is 63.7 cm³/mol. The number of hydrogen-bond acceptors (Lipinski definition) is 2. The summed E-state index contributed by atoms with van der Waals surface area (Å²) >= 11 is 1.74. The molecule has 0 unspecified atom stereocenters. The standard InChI is InChI=1S/C12H16O2S/c1-8-7-9(15-12(2,3)4)5-6-10(8)11(13)14/h5-7H,1-4H3,(H,13,14). The van der Waals surface area contributed by atoms with Gasteiger partial charge < -0.3 is 5.11 Å². The third kappa shape index (κ3) is 3.59. The summed E-state index contributed by atoms with van der Waals surface area (Å²) in [5.41, 5.74) is 1.20. The van der Waals surface area contributed by atoms with Gasteiger partial charge >= 0.3 is 5.97 Å². The maximum atomic E-state index is 10.8. The lowest BCUT2D eigenvalue weighted by atomic mass is 10.1. The molecule has 0 atom stereocenters. The summed E-state index contributed by atoms with van der Waals surface area (Å²) < 4.78 is 0.150. The van der Waals surface area contributed by atoms with Crippen LogP contribution in [0.1, 0.15) is 36.7 Å². The fourth-order valence-corrected chi connectivity index (χ4v) is 2.37. The number of carboxylic acids is 1. The number of aryl methyl sites for hydroxylation is 1. The molecule has 1 N–H and O–H groups in total. The molecule has 0 aromatic heterocycles. The average molecular weight is 224 g/mol. The van der Waals surface area contributed by atoms with Crippen molar-refractivity contribution in [3.05, 3.63) is 29.3 Å². The monoisotopic (exact) mass is 224 g/mol. The summed E-state index contributed by atoms with van der Waals surface area (Å²) in [6.45, 7) is 8.24. The minimum atomic E-state index is -0.861. The van der Waals surface area contributed by atoms with Gasteiger partial charge in [0.1, 0.15) is 0 Å². The molecule has 2 nitrogen and oxygen atoms in total. The highest BCUT2D eigenvalue weighted by Crippen LogP contribution is 2.32. The lowest BCUT2D eigenvalue weighted by molar-refractivity contribution is 0.0696. The number of benzene rings is 1. The van der Waals surface area contributed by atoms with Gasteiger partial charge in [0.05, 0.1) is 5.56 Å². The number of aromatic carboxylic acids is 1. The largest absolute Gasteiger partial charge is 0.478 e. The summed E-state index contributed by atoms with van der Waals surface area (Å²) in [5, 5.41) is 8.88. The van der Waals surface area contributed by atoms with E-state index in [0.29, 0.717) is 5.56 Å². The molecule has 15 heavy (non-hydrogen) atoms. The Hall–Kier alpha value is -0.960. The van der Waals surface area contributed by atoms with Crippen LogP contribution in [0.15, 0.2) is 23.1 Å². The Morgan fingerprint density at radius 1 is 1.33 bits per heavy atom. The van der Waals surface area contributed by atoms with Crippen molar-refractivity contribution in [3.8, 4) is 0 Å². The van der Waals surface area contributed by atoms with Gasteiger partial charge in [0.25, 0.3) is 0 Å². The van der Waals surface area contributed by atoms with Crippen LogP contribution in [0.25, 0.3) is 0 Å². The first-order valence-corrected chi connectivity index (χ1v) is 5.64. The highest BCUT2D eigenvalue weighted by Gasteiger charge is 2.13. The molecule has 1 rings (SSSR count). The van der Waals surface area contributed by atoms with Crippen molar-refractivity contribution in [2.24, 2.45) is 0 Å². The van der Waals surface area contributed by atoms with Crippen LogP contribution in [0.5, 0.6) is 0 Å². The van der Waals surface area contributed by atoms with Gasteiger partial charge in [-0.2, -0.15) is 0 Å². The van der Waals surface area contributed by atoms with Gasteiger partial charge in [0, 0.05) is 9.64 Å². The Morgan fingerprint density at radius 3 is 2.33 bits per heavy atom. The fraction of sp³-hybridized carbons (Fsp3) is 0.417. The zero-order chi connectivity index (χ0) is 11.6. The van der Waals surface area contributed by atoms with Crippen LogP contribution in [-0.2, 0) is 0 Å². The number of carboxylic acid groups (broad SMARTS) is 1. The second-order valence-corrected chi connectivity index (χ2v) is 6.40. The van der Waals surface area contributed by atoms with Crippen molar-refractivity contribution >= 4 is 17.7 Å². The summed E-state index contributed by atoms with van der Waals surface area (Å²) in [6, 6.07) is 5.47. The number of carbonyl (C=O) groups is 1. The summed E-state index contributed by atoms with van der Waals surface area (Å²) in [6.07, 6.45) is 0. The van der Waals surface area contributed by atoms with Gasteiger partial charge in [-0.1, -0.05) is 20.8 Å². The molecular formula is C12H16O2S. The average Bonchev–Trinajstić information content (AvgIpc) is 1.99. The molecule has 0 fully saturated rings. The van der Waals surface area contributed by atoms with Crippen molar-refractivity contribution in [2.45, 2.75) is 37.3 Å². The molecule has 0 amide bonds. The van der Waals surface area contributed by atoms with Gasteiger partial charge in [-0.05, 0) is 30.7 Å². The van der Waals surface area contributed by atoms with Crippen molar-refractivity contribution in [2.75, 3.05) is 0 Å².